The third kappa shape index (κ3) is 2.84. The zero-order valence-electron chi connectivity index (χ0n) is 11.9. The van der Waals surface area contributed by atoms with Crippen LogP contribution in [0.1, 0.15) is 22.2 Å². The number of amides is 1. The minimum Gasteiger partial charge on any atom is -0.493 e. The molecule has 114 valence electrons. The molecule has 0 saturated heterocycles. The van der Waals surface area contributed by atoms with Gasteiger partial charge in [-0.3, -0.25) is 4.79 Å². The summed E-state index contributed by atoms with van der Waals surface area (Å²) in [5.41, 5.74) is 1.32. The van der Waals surface area contributed by atoms with Gasteiger partial charge in [0, 0.05) is 11.9 Å². The molecule has 1 amide bonds. The van der Waals surface area contributed by atoms with E-state index in [2.05, 4.69) is 5.32 Å². The normalized spacial score (nSPS) is 12.3. The van der Waals surface area contributed by atoms with Crippen LogP contribution < -0.4 is 10.1 Å². The van der Waals surface area contributed by atoms with Crippen molar-refractivity contribution in [3.05, 3.63) is 52.4 Å². The first kappa shape index (κ1) is 14.6. The Morgan fingerprint density at radius 3 is 3.05 bits per heavy atom. The number of hydrogen-bond donors (Lipinski definition) is 2. The fourth-order valence-corrected chi connectivity index (χ4v) is 2.87. The number of methoxy groups -OCH3 is 1. The molecule has 0 aliphatic rings. The molecule has 1 atom stereocenters. The number of ether oxygens (including phenoxy) is 1. The number of carbonyl (C=O) groups excluding carboxylic acids is 1. The molecule has 0 saturated carbocycles. The van der Waals surface area contributed by atoms with Crippen LogP contribution in [-0.2, 0) is 0 Å². The van der Waals surface area contributed by atoms with Crippen LogP contribution in [0.2, 0.25) is 0 Å². The summed E-state index contributed by atoms with van der Waals surface area (Å²) in [6.45, 7) is 0.129. The summed E-state index contributed by atoms with van der Waals surface area (Å²) in [6.07, 6.45) is -0.728. The van der Waals surface area contributed by atoms with Gasteiger partial charge < -0.3 is 19.6 Å². The van der Waals surface area contributed by atoms with E-state index in [-0.39, 0.29) is 18.2 Å². The van der Waals surface area contributed by atoms with Crippen LogP contribution in [0.3, 0.4) is 0 Å². The standard InChI is InChI=1S/C16H15NO4S/c1-20-13-4-2-3-10-7-14(21-15(10)13)16(19)17-8-12(18)11-5-6-22-9-11/h2-7,9,12,18H,8H2,1H3,(H,17,19). The van der Waals surface area contributed by atoms with Crippen molar-refractivity contribution in [2.75, 3.05) is 13.7 Å². The van der Waals surface area contributed by atoms with E-state index in [4.69, 9.17) is 9.15 Å². The van der Waals surface area contributed by atoms with Crippen LogP contribution in [-0.4, -0.2) is 24.7 Å². The average molecular weight is 317 g/mol. The smallest absolute Gasteiger partial charge is 0.287 e. The summed E-state index contributed by atoms with van der Waals surface area (Å²) in [5.74, 6) is 0.402. The first-order valence-corrected chi connectivity index (χ1v) is 7.68. The van der Waals surface area contributed by atoms with Crippen LogP contribution in [0.4, 0.5) is 0 Å². The molecule has 0 aliphatic carbocycles. The first-order chi connectivity index (χ1) is 10.7. The summed E-state index contributed by atoms with van der Waals surface area (Å²) in [4.78, 5) is 12.1. The van der Waals surface area contributed by atoms with Crippen molar-refractivity contribution in [2.45, 2.75) is 6.10 Å². The molecular formula is C16H15NO4S. The van der Waals surface area contributed by atoms with E-state index >= 15 is 0 Å². The molecule has 22 heavy (non-hydrogen) atoms. The quantitative estimate of drug-likeness (QED) is 0.759. The highest BCUT2D eigenvalue weighted by Gasteiger charge is 2.16. The van der Waals surface area contributed by atoms with Crippen LogP contribution >= 0.6 is 11.3 Å². The lowest BCUT2D eigenvalue weighted by Gasteiger charge is -2.09. The third-order valence-electron chi connectivity index (χ3n) is 3.34. The van der Waals surface area contributed by atoms with E-state index in [9.17, 15) is 9.90 Å². The molecule has 2 N–H and O–H groups in total. The van der Waals surface area contributed by atoms with Crippen molar-refractivity contribution < 1.29 is 19.1 Å². The molecule has 1 unspecified atom stereocenters. The Morgan fingerprint density at radius 2 is 2.32 bits per heavy atom. The van der Waals surface area contributed by atoms with E-state index in [0.717, 1.165) is 10.9 Å². The predicted octanol–water partition coefficient (Wildman–Crippen LogP) is 2.97. The SMILES string of the molecule is COc1cccc2cc(C(=O)NCC(O)c3ccsc3)oc12. The number of fused-ring (bicyclic) bond motifs is 1. The summed E-state index contributed by atoms with van der Waals surface area (Å²) in [7, 11) is 1.55. The number of benzene rings is 1. The number of furan rings is 1. The fourth-order valence-electron chi connectivity index (χ4n) is 2.17. The van der Waals surface area contributed by atoms with Gasteiger partial charge in [0.05, 0.1) is 13.2 Å². The van der Waals surface area contributed by atoms with Gasteiger partial charge in [0.25, 0.3) is 5.91 Å². The monoisotopic (exact) mass is 317 g/mol. The van der Waals surface area contributed by atoms with Gasteiger partial charge in [-0.15, -0.1) is 0 Å². The van der Waals surface area contributed by atoms with Gasteiger partial charge in [-0.05, 0) is 34.5 Å². The van der Waals surface area contributed by atoms with Crippen LogP contribution in [0, 0.1) is 0 Å². The Balaban J connectivity index is 1.72. The fraction of sp³-hybridized carbons (Fsp3) is 0.188. The molecule has 2 aromatic heterocycles. The second-order valence-corrected chi connectivity index (χ2v) is 5.55. The van der Waals surface area contributed by atoms with Crippen molar-refractivity contribution in [3.8, 4) is 5.75 Å². The number of para-hydroxylation sites is 1. The van der Waals surface area contributed by atoms with E-state index in [1.54, 1.807) is 19.2 Å². The van der Waals surface area contributed by atoms with Crippen molar-refractivity contribution >= 4 is 28.2 Å². The zero-order valence-corrected chi connectivity index (χ0v) is 12.7. The maximum Gasteiger partial charge on any atom is 0.287 e. The van der Waals surface area contributed by atoms with Gasteiger partial charge in [0.2, 0.25) is 0 Å². The van der Waals surface area contributed by atoms with Gasteiger partial charge in [0.15, 0.2) is 17.1 Å². The number of nitrogens with one attached hydrogen (secondary N) is 1. The van der Waals surface area contributed by atoms with Crippen molar-refractivity contribution in [1.82, 2.24) is 5.32 Å². The van der Waals surface area contributed by atoms with Gasteiger partial charge in [-0.2, -0.15) is 11.3 Å². The second kappa shape index (κ2) is 6.21. The van der Waals surface area contributed by atoms with Gasteiger partial charge in [-0.1, -0.05) is 12.1 Å². The Labute approximate surface area is 131 Å². The number of carbonyl (C=O) groups is 1. The Bertz CT molecular complexity index is 779. The Morgan fingerprint density at radius 1 is 1.45 bits per heavy atom. The van der Waals surface area contributed by atoms with Gasteiger partial charge >= 0.3 is 0 Å². The number of aliphatic hydroxyl groups is 1. The van der Waals surface area contributed by atoms with E-state index in [1.165, 1.54) is 11.3 Å². The highest BCUT2D eigenvalue weighted by Crippen LogP contribution is 2.28. The zero-order chi connectivity index (χ0) is 15.5. The third-order valence-corrected chi connectivity index (χ3v) is 4.04. The van der Waals surface area contributed by atoms with Crippen LogP contribution in [0.5, 0.6) is 5.75 Å². The topological polar surface area (TPSA) is 71.7 Å². The largest absolute Gasteiger partial charge is 0.493 e. The van der Waals surface area contributed by atoms with Crippen molar-refractivity contribution in [3.63, 3.8) is 0 Å². The number of hydrogen-bond acceptors (Lipinski definition) is 5. The molecule has 0 radical (unpaired) electrons. The van der Waals surface area contributed by atoms with Gasteiger partial charge in [0.1, 0.15) is 0 Å². The molecule has 0 spiro atoms. The molecular weight excluding hydrogens is 302 g/mol. The highest BCUT2D eigenvalue weighted by molar-refractivity contribution is 7.07. The molecule has 0 aliphatic heterocycles. The molecule has 1 aromatic carbocycles. The maximum absolute atomic E-state index is 12.1. The van der Waals surface area contributed by atoms with E-state index < -0.39 is 6.10 Å². The lowest BCUT2D eigenvalue weighted by atomic mass is 10.2. The van der Waals surface area contributed by atoms with E-state index in [1.807, 2.05) is 29.0 Å². The minimum atomic E-state index is -0.728. The number of aliphatic hydroxyl groups excluding tert-OH is 1. The first-order valence-electron chi connectivity index (χ1n) is 6.74. The second-order valence-electron chi connectivity index (χ2n) is 4.77. The minimum absolute atomic E-state index is 0.129. The lowest BCUT2D eigenvalue weighted by molar-refractivity contribution is 0.0891. The summed E-state index contributed by atoms with van der Waals surface area (Å²) in [5, 5.41) is 17.2. The molecule has 3 aromatic rings. The molecule has 0 fully saturated rings. The lowest BCUT2D eigenvalue weighted by Crippen LogP contribution is -2.27. The number of thiophene rings is 1. The number of rotatable bonds is 5. The Kier molecular flexibility index (Phi) is 4.13. The van der Waals surface area contributed by atoms with E-state index in [0.29, 0.717) is 11.3 Å². The molecule has 6 heteroatoms. The highest BCUT2D eigenvalue weighted by atomic mass is 32.1. The summed E-state index contributed by atoms with van der Waals surface area (Å²) < 4.78 is 10.8. The molecule has 5 nitrogen and oxygen atoms in total. The average Bonchev–Trinajstić information content (AvgIpc) is 3.20. The molecule has 3 rings (SSSR count). The molecule has 0 bridgehead atoms. The Hall–Kier alpha value is -2.31. The molecule has 2 heterocycles. The van der Waals surface area contributed by atoms with Crippen molar-refractivity contribution in [2.24, 2.45) is 0 Å². The predicted molar refractivity (Wildman–Crippen MR) is 84.4 cm³/mol. The maximum atomic E-state index is 12.1. The van der Waals surface area contributed by atoms with Crippen LogP contribution in [0.25, 0.3) is 11.0 Å². The summed E-state index contributed by atoms with van der Waals surface area (Å²) >= 11 is 1.50. The van der Waals surface area contributed by atoms with Crippen molar-refractivity contribution in [1.29, 1.82) is 0 Å². The van der Waals surface area contributed by atoms with Crippen LogP contribution in [0.15, 0.2) is 45.5 Å². The summed E-state index contributed by atoms with van der Waals surface area (Å²) in [6, 6.07) is 8.93. The van der Waals surface area contributed by atoms with Gasteiger partial charge in [-0.25, -0.2) is 0 Å².